The minimum Gasteiger partial charge on any atom is -0.360 e. The van der Waals surface area contributed by atoms with Crippen LogP contribution in [0, 0.1) is 13.8 Å². The molecule has 2 aromatic rings. The van der Waals surface area contributed by atoms with E-state index >= 15 is 0 Å². The lowest BCUT2D eigenvalue weighted by molar-refractivity contribution is -0.138. The van der Waals surface area contributed by atoms with Crippen LogP contribution in [0.15, 0.2) is 33.7 Å². The first-order valence-electron chi connectivity index (χ1n) is 8.91. The zero-order valence-electron chi connectivity index (χ0n) is 15.8. The summed E-state index contributed by atoms with van der Waals surface area (Å²) < 4.78 is 72.1. The highest BCUT2D eigenvalue weighted by Gasteiger charge is 2.37. The highest BCUT2D eigenvalue weighted by atomic mass is 32.2. The number of aromatic nitrogens is 1. The van der Waals surface area contributed by atoms with E-state index in [1.54, 1.807) is 0 Å². The van der Waals surface area contributed by atoms with Crippen molar-refractivity contribution in [3.63, 3.8) is 0 Å². The topological polar surface area (TPSA) is 92.5 Å². The fraction of sp³-hybridized carbons (Fsp3) is 0.444. The Morgan fingerprint density at radius 3 is 2.38 bits per heavy atom. The van der Waals surface area contributed by atoms with Gasteiger partial charge in [0.25, 0.3) is 5.91 Å². The minimum atomic E-state index is -4.63. The van der Waals surface area contributed by atoms with Crippen LogP contribution in [0.5, 0.6) is 0 Å². The number of carbonyl (C=O) groups excluding carboxylic acids is 1. The van der Waals surface area contributed by atoms with Crippen molar-refractivity contribution in [2.75, 3.05) is 13.1 Å². The zero-order valence-corrected chi connectivity index (χ0v) is 16.6. The van der Waals surface area contributed by atoms with Gasteiger partial charge in [-0.25, -0.2) is 13.1 Å². The van der Waals surface area contributed by atoms with Crippen molar-refractivity contribution in [2.24, 2.45) is 0 Å². The third-order valence-corrected chi connectivity index (χ3v) is 6.57. The maximum atomic E-state index is 13.2. The Morgan fingerprint density at radius 1 is 1.21 bits per heavy atom. The number of aryl methyl sites for hydroxylation is 2. The summed E-state index contributed by atoms with van der Waals surface area (Å²) in [5, 5.41) is 3.63. The number of piperidine rings is 1. The zero-order chi connectivity index (χ0) is 21.4. The van der Waals surface area contributed by atoms with Gasteiger partial charge in [-0.3, -0.25) is 4.79 Å². The highest BCUT2D eigenvalue weighted by molar-refractivity contribution is 7.89. The van der Waals surface area contributed by atoms with Gasteiger partial charge in [0.05, 0.1) is 11.1 Å². The molecule has 11 heteroatoms. The fourth-order valence-electron chi connectivity index (χ4n) is 3.42. The number of benzene rings is 1. The van der Waals surface area contributed by atoms with E-state index in [1.807, 2.05) is 0 Å². The van der Waals surface area contributed by atoms with Crippen LogP contribution >= 0.6 is 0 Å². The molecule has 1 aromatic heterocycles. The SMILES string of the molecule is Cc1noc(C)c1S(=O)(=O)NC1CCN(C(=O)c2ccccc2C(F)(F)F)CC1. The number of halogens is 3. The highest BCUT2D eigenvalue weighted by Crippen LogP contribution is 2.32. The smallest absolute Gasteiger partial charge is 0.360 e. The lowest BCUT2D eigenvalue weighted by Crippen LogP contribution is -2.46. The number of likely N-dealkylation sites (tertiary alicyclic amines) is 1. The Bertz CT molecular complexity index is 990. The van der Waals surface area contributed by atoms with Gasteiger partial charge in [-0.1, -0.05) is 17.3 Å². The molecule has 3 rings (SSSR count). The number of nitrogens with zero attached hydrogens (tertiary/aromatic N) is 2. The molecule has 0 aliphatic carbocycles. The van der Waals surface area contributed by atoms with Crippen LogP contribution in [0.4, 0.5) is 13.2 Å². The van der Waals surface area contributed by atoms with E-state index in [2.05, 4.69) is 9.88 Å². The van der Waals surface area contributed by atoms with Crippen molar-refractivity contribution >= 4 is 15.9 Å². The summed E-state index contributed by atoms with van der Waals surface area (Å²) in [5.74, 6) is -0.545. The molecule has 1 aliphatic heterocycles. The minimum absolute atomic E-state index is 0.0184. The molecule has 29 heavy (non-hydrogen) atoms. The third kappa shape index (κ3) is 4.45. The molecule has 0 radical (unpaired) electrons. The Hall–Kier alpha value is -2.40. The fourth-order valence-corrected chi connectivity index (χ4v) is 5.06. The van der Waals surface area contributed by atoms with Crippen molar-refractivity contribution in [1.29, 1.82) is 0 Å². The van der Waals surface area contributed by atoms with Gasteiger partial charge in [-0.15, -0.1) is 0 Å². The summed E-state index contributed by atoms with van der Waals surface area (Å²) in [6.45, 7) is 3.29. The van der Waals surface area contributed by atoms with Crippen LogP contribution in [-0.4, -0.2) is 43.5 Å². The van der Waals surface area contributed by atoms with E-state index in [4.69, 9.17) is 4.52 Å². The van der Waals surface area contributed by atoms with Crippen molar-refractivity contribution in [2.45, 2.75) is 43.8 Å². The van der Waals surface area contributed by atoms with Crippen LogP contribution < -0.4 is 4.72 Å². The number of hydrogen-bond acceptors (Lipinski definition) is 5. The Kier molecular flexibility index (Phi) is 5.72. The van der Waals surface area contributed by atoms with Crippen molar-refractivity contribution in [3.8, 4) is 0 Å². The number of amides is 1. The standard InChI is InChI=1S/C18H20F3N3O4S/c1-11-16(12(2)28-22-11)29(26,27)23-13-7-9-24(10-8-13)17(25)14-5-3-4-6-15(14)18(19,20)21/h3-6,13,23H,7-10H2,1-2H3. The van der Waals surface area contributed by atoms with Crippen LogP contribution in [-0.2, 0) is 16.2 Å². The third-order valence-electron chi connectivity index (χ3n) is 4.80. The average Bonchev–Trinajstić information content (AvgIpc) is 3.00. The first-order chi connectivity index (χ1) is 13.5. The molecule has 158 valence electrons. The maximum Gasteiger partial charge on any atom is 0.417 e. The Morgan fingerprint density at radius 2 is 1.83 bits per heavy atom. The summed E-state index contributed by atoms with van der Waals surface area (Å²) in [5.41, 5.74) is -1.15. The normalized spacial score (nSPS) is 16.2. The van der Waals surface area contributed by atoms with Crippen LogP contribution in [0.2, 0.25) is 0 Å². The summed E-state index contributed by atoms with van der Waals surface area (Å²) in [6.07, 6.45) is -4.07. The molecule has 7 nitrogen and oxygen atoms in total. The molecule has 1 aliphatic rings. The van der Waals surface area contributed by atoms with Crippen LogP contribution in [0.25, 0.3) is 0 Å². The molecular weight excluding hydrogens is 411 g/mol. The van der Waals surface area contributed by atoms with E-state index in [1.165, 1.54) is 30.9 Å². The molecule has 0 bridgehead atoms. The molecule has 1 fully saturated rings. The predicted octanol–water partition coefficient (Wildman–Crippen LogP) is 2.89. The van der Waals surface area contributed by atoms with Gasteiger partial charge in [-0.2, -0.15) is 13.2 Å². The number of hydrogen-bond donors (Lipinski definition) is 1. The summed E-state index contributed by atoms with van der Waals surface area (Å²) in [4.78, 5) is 13.9. The van der Waals surface area contributed by atoms with Gasteiger partial charge in [0.2, 0.25) is 10.0 Å². The van der Waals surface area contributed by atoms with Crippen LogP contribution in [0.1, 0.15) is 40.2 Å². The van der Waals surface area contributed by atoms with Gasteiger partial charge < -0.3 is 9.42 Å². The number of alkyl halides is 3. The first-order valence-corrected chi connectivity index (χ1v) is 10.4. The molecule has 0 saturated carbocycles. The largest absolute Gasteiger partial charge is 0.417 e. The second kappa shape index (κ2) is 7.79. The molecule has 2 heterocycles. The second-order valence-corrected chi connectivity index (χ2v) is 8.54. The number of nitrogens with one attached hydrogen (secondary N) is 1. The van der Waals surface area contributed by atoms with E-state index in [0.717, 1.165) is 12.1 Å². The monoisotopic (exact) mass is 431 g/mol. The van der Waals surface area contributed by atoms with E-state index in [9.17, 15) is 26.4 Å². The lowest BCUT2D eigenvalue weighted by Gasteiger charge is -2.32. The molecular formula is C18H20F3N3O4S. The molecule has 1 amide bonds. The van der Waals surface area contributed by atoms with Crippen LogP contribution in [0.3, 0.4) is 0 Å². The van der Waals surface area contributed by atoms with Gasteiger partial charge >= 0.3 is 6.18 Å². The molecule has 0 spiro atoms. The maximum absolute atomic E-state index is 13.2. The molecule has 1 saturated heterocycles. The quantitative estimate of drug-likeness (QED) is 0.804. The molecule has 1 N–H and O–H groups in total. The summed E-state index contributed by atoms with van der Waals surface area (Å²) >= 11 is 0. The lowest BCUT2D eigenvalue weighted by atomic mass is 10.0. The second-order valence-electron chi connectivity index (χ2n) is 6.88. The number of sulfonamides is 1. The number of carbonyl (C=O) groups is 1. The van der Waals surface area contributed by atoms with Gasteiger partial charge in [0.1, 0.15) is 10.6 Å². The molecule has 1 aromatic carbocycles. The predicted molar refractivity (Wildman–Crippen MR) is 96.7 cm³/mol. The van der Waals surface area contributed by atoms with Crippen molar-refractivity contribution in [1.82, 2.24) is 14.8 Å². The van der Waals surface area contributed by atoms with Gasteiger partial charge in [0.15, 0.2) is 5.76 Å². The van der Waals surface area contributed by atoms with E-state index in [-0.39, 0.29) is 42.3 Å². The first kappa shape index (κ1) is 21.3. The summed E-state index contributed by atoms with van der Waals surface area (Å²) in [6, 6.07) is 4.19. The Balaban J connectivity index is 1.68. The van der Waals surface area contributed by atoms with Crippen molar-refractivity contribution in [3.05, 3.63) is 46.8 Å². The summed E-state index contributed by atoms with van der Waals surface area (Å²) in [7, 11) is -3.85. The molecule has 0 unspecified atom stereocenters. The van der Waals surface area contributed by atoms with Crippen molar-refractivity contribution < 1.29 is 30.9 Å². The average molecular weight is 431 g/mol. The van der Waals surface area contributed by atoms with E-state index < -0.39 is 39.3 Å². The van der Waals surface area contributed by atoms with Gasteiger partial charge in [0, 0.05) is 19.1 Å². The van der Waals surface area contributed by atoms with Gasteiger partial charge in [-0.05, 0) is 38.8 Å². The number of rotatable bonds is 4. The molecule has 0 atom stereocenters. The Labute approximate surface area is 165 Å². The van der Waals surface area contributed by atoms with E-state index in [0.29, 0.717) is 0 Å².